The second kappa shape index (κ2) is 7.99. The average molecular weight is 397 g/mol. The number of nitrogens with one attached hydrogen (secondary N) is 2. The first kappa shape index (κ1) is 19.8. The summed E-state index contributed by atoms with van der Waals surface area (Å²) < 4.78 is 7.86. The van der Waals surface area contributed by atoms with Gasteiger partial charge in [-0.15, -0.1) is 5.10 Å². The van der Waals surface area contributed by atoms with Crippen molar-refractivity contribution in [1.29, 1.82) is 0 Å². The summed E-state index contributed by atoms with van der Waals surface area (Å²) in [6, 6.07) is 0.0638. The van der Waals surface area contributed by atoms with Gasteiger partial charge in [0.15, 0.2) is 6.23 Å². The first-order valence-corrected chi connectivity index (χ1v) is 8.21. The maximum absolute atomic E-state index is 11.9. The highest BCUT2D eigenvalue weighted by molar-refractivity contribution is 5.80. The molecule has 2 aromatic rings. The fraction of sp³-hybridized carbons (Fsp3) is 0.500. The van der Waals surface area contributed by atoms with Gasteiger partial charge in [0.1, 0.15) is 18.3 Å². The Labute approximate surface area is 156 Å². The van der Waals surface area contributed by atoms with E-state index in [1.807, 2.05) is 4.98 Å². The SMILES string of the molecule is N[C@@H](Cc1cn(C[C@H]2O[C@@H](n3ccc(=O)[nH]c3=O)[C@H](O)[C@@H]2O)nn1)C(=O)NO. The van der Waals surface area contributed by atoms with Gasteiger partial charge in [-0.2, -0.15) is 0 Å². The molecule has 1 fully saturated rings. The third-order valence-corrected chi connectivity index (χ3v) is 4.29. The second-order valence-corrected chi connectivity index (χ2v) is 6.28. The molecule has 5 atom stereocenters. The summed E-state index contributed by atoms with van der Waals surface area (Å²) in [5, 5.41) is 36.7. The van der Waals surface area contributed by atoms with Crippen molar-refractivity contribution in [3.8, 4) is 0 Å². The number of ether oxygens (including phenoxy) is 1. The van der Waals surface area contributed by atoms with Crippen LogP contribution in [0.1, 0.15) is 11.9 Å². The number of H-pyrrole nitrogens is 1. The molecule has 0 saturated carbocycles. The minimum absolute atomic E-state index is 0.0124. The standard InChI is InChI=1S/C14H19N7O7/c15-7(12(25)18-27)3-6-4-20(19-17-6)5-8-10(23)11(24)13(28-8)21-2-1-9(22)16-14(21)26/h1-2,4,7-8,10-11,13,23-24,27H,3,5,15H2,(H,18,25)(H,16,22,26)/t7-,8+,10+,11+,13+/m0/s1. The van der Waals surface area contributed by atoms with Crippen LogP contribution in [0.3, 0.4) is 0 Å². The van der Waals surface area contributed by atoms with Crippen molar-refractivity contribution in [1.82, 2.24) is 30.0 Å². The zero-order chi connectivity index (χ0) is 20.4. The van der Waals surface area contributed by atoms with E-state index >= 15 is 0 Å². The van der Waals surface area contributed by atoms with Crippen molar-refractivity contribution >= 4 is 5.91 Å². The van der Waals surface area contributed by atoms with Gasteiger partial charge in [-0.25, -0.2) is 15.0 Å². The smallest absolute Gasteiger partial charge is 0.330 e. The van der Waals surface area contributed by atoms with Crippen molar-refractivity contribution in [2.45, 2.75) is 43.5 Å². The van der Waals surface area contributed by atoms with E-state index in [1.165, 1.54) is 16.4 Å². The van der Waals surface area contributed by atoms with E-state index in [2.05, 4.69) is 10.3 Å². The minimum atomic E-state index is -1.42. The Morgan fingerprint density at radius 1 is 1.39 bits per heavy atom. The van der Waals surface area contributed by atoms with Crippen molar-refractivity contribution in [2.24, 2.45) is 5.73 Å². The summed E-state index contributed by atoms with van der Waals surface area (Å²) in [6.45, 7) is -0.0126. The molecule has 1 aliphatic heterocycles. The van der Waals surface area contributed by atoms with Crippen molar-refractivity contribution in [2.75, 3.05) is 0 Å². The molecule has 7 N–H and O–H groups in total. The lowest BCUT2D eigenvalue weighted by Gasteiger charge is -2.16. The maximum atomic E-state index is 11.9. The normalized spacial score (nSPS) is 25.6. The highest BCUT2D eigenvalue weighted by Crippen LogP contribution is 2.29. The van der Waals surface area contributed by atoms with Gasteiger partial charge in [-0.05, 0) is 0 Å². The van der Waals surface area contributed by atoms with E-state index in [4.69, 9.17) is 15.7 Å². The van der Waals surface area contributed by atoms with Crippen molar-refractivity contribution in [3.05, 3.63) is 45.0 Å². The van der Waals surface area contributed by atoms with Gasteiger partial charge >= 0.3 is 5.69 Å². The Kier molecular flexibility index (Phi) is 5.66. The highest BCUT2D eigenvalue weighted by atomic mass is 16.6. The topological polar surface area (TPSA) is 211 Å². The van der Waals surface area contributed by atoms with Gasteiger partial charge in [0.25, 0.3) is 11.5 Å². The average Bonchev–Trinajstić information content (AvgIpc) is 3.21. The number of carbonyl (C=O) groups excluding carboxylic acids is 1. The maximum Gasteiger partial charge on any atom is 0.330 e. The monoisotopic (exact) mass is 397 g/mol. The lowest BCUT2D eigenvalue weighted by molar-refractivity contribution is -0.130. The van der Waals surface area contributed by atoms with Crippen LogP contribution in [0, 0.1) is 0 Å². The molecule has 0 aliphatic carbocycles. The number of amides is 1. The fourth-order valence-electron chi connectivity index (χ4n) is 2.84. The van der Waals surface area contributed by atoms with Gasteiger partial charge < -0.3 is 20.7 Å². The number of aliphatic hydroxyl groups excluding tert-OH is 2. The van der Waals surface area contributed by atoms with Crippen LogP contribution in [-0.4, -0.2) is 70.2 Å². The third kappa shape index (κ3) is 4.00. The number of carbonyl (C=O) groups is 1. The number of rotatable bonds is 6. The molecule has 0 bridgehead atoms. The molecular formula is C14H19N7O7. The molecule has 1 aliphatic rings. The van der Waals surface area contributed by atoms with Gasteiger partial charge in [-0.3, -0.25) is 24.3 Å². The first-order valence-electron chi connectivity index (χ1n) is 8.21. The largest absolute Gasteiger partial charge is 0.387 e. The summed E-state index contributed by atoms with van der Waals surface area (Å²) in [4.78, 5) is 36.3. The molecule has 1 amide bonds. The van der Waals surface area contributed by atoms with Crippen LogP contribution in [0.2, 0.25) is 0 Å². The molecule has 0 aromatic carbocycles. The number of aromatic nitrogens is 5. The molecule has 28 heavy (non-hydrogen) atoms. The predicted octanol–water partition coefficient (Wildman–Crippen LogP) is -4.18. The molecule has 14 nitrogen and oxygen atoms in total. The van der Waals surface area contributed by atoms with Gasteiger partial charge in [0.2, 0.25) is 0 Å². The lowest BCUT2D eigenvalue weighted by atomic mass is 10.1. The summed E-state index contributed by atoms with van der Waals surface area (Å²) in [6.07, 6.45) is -2.25. The molecule has 0 radical (unpaired) electrons. The van der Waals surface area contributed by atoms with E-state index in [9.17, 15) is 24.6 Å². The Morgan fingerprint density at radius 3 is 2.82 bits per heavy atom. The Morgan fingerprint density at radius 2 is 2.14 bits per heavy atom. The lowest BCUT2D eigenvalue weighted by Crippen LogP contribution is -2.40. The van der Waals surface area contributed by atoms with Gasteiger partial charge in [0, 0.05) is 24.9 Å². The molecule has 14 heteroatoms. The first-order chi connectivity index (χ1) is 13.3. The molecule has 2 aromatic heterocycles. The van der Waals surface area contributed by atoms with E-state index in [0.717, 1.165) is 16.8 Å². The Hall–Kier alpha value is -2.91. The predicted molar refractivity (Wildman–Crippen MR) is 88.9 cm³/mol. The molecule has 3 rings (SSSR count). The van der Waals surface area contributed by atoms with Crippen LogP contribution < -0.4 is 22.5 Å². The van der Waals surface area contributed by atoms with E-state index in [-0.39, 0.29) is 13.0 Å². The second-order valence-electron chi connectivity index (χ2n) is 6.28. The number of aliphatic hydroxyl groups is 2. The number of aromatic amines is 1. The summed E-state index contributed by atoms with van der Waals surface area (Å²) in [5.41, 5.74) is 5.98. The quantitative estimate of drug-likeness (QED) is 0.204. The third-order valence-electron chi connectivity index (χ3n) is 4.29. The number of hydrogen-bond acceptors (Lipinski definition) is 10. The van der Waals surface area contributed by atoms with Crippen LogP contribution in [0.4, 0.5) is 0 Å². The molecule has 0 spiro atoms. The Bertz CT molecular complexity index is 954. The number of hydrogen-bond donors (Lipinski definition) is 6. The minimum Gasteiger partial charge on any atom is -0.387 e. The van der Waals surface area contributed by atoms with Gasteiger partial charge in [-0.1, -0.05) is 5.21 Å². The van der Waals surface area contributed by atoms with Crippen LogP contribution >= 0.6 is 0 Å². The number of nitrogens with zero attached hydrogens (tertiary/aromatic N) is 4. The van der Waals surface area contributed by atoms with Crippen LogP contribution in [0.5, 0.6) is 0 Å². The van der Waals surface area contributed by atoms with Crippen LogP contribution in [0.15, 0.2) is 28.0 Å². The van der Waals surface area contributed by atoms with Gasteiger partial charge in [0.05, 0.1) is 18.3 Å². The van der Waals surface area contributed by atoms with Crippen molar-refractivity contribution in [3.63, 3.8) is 0 Å². The molecule has 152 valence electrons. The number of hydroxylamine groups is 1. The van der Waals surface area contributed by atoms with Crippen molar-refractivity contribution < 1.29 is 25.0 Å². The summed E-state index contributed by atoms with van der Waals surface area (Å²) in [7, 11) is 0. The number of nitrogens with two attached hydrogens (primary N) is 1. The fourth-order valence-corrected chi connectivity index (χ4v) is 2.84. The molecule has 0 unspecified atom stereocenters. The molecule has 3 heterocycles. The summed E-state index contributed by atoms with van der Waals surface area (Å²) in [5.74, 6) is -0.776. The molecule has 1 saturated heterocycles. The van der Waals surface area contributed by atoms with E-state index < -0.39 is 47.7 Å². The highest BCUT2D eigenvalue weighted by Gasteiger charge is 2.44. The van der Waals surface area contributed by atoms with E-state index in [0.29, 0.717) is 5.69 Å². The zero-order valence-corrected chi connectivity index (χ0v) is 14.4. The van der Waals surface area contributed by atoms with E-state index in [1.54, 1.807) is 0 Å². The Balaban J connectivity index is 1.69. The zero-order valence-electron chi connectivity index (χ0n) is 14.4. The van der Waals surface area contributed by atoms with Crippen LogP contribution in [0.25, 0.3) is 0 Å². The molecular weight excluding hydrogens is 378 g/mol. The summed E-state index contributed by atoms with van der Waals surface area (Å²) >= 11 is 0. The van der Waals surface area contributed by atoms with Crippen LogP contribution in [-0.2, 0) is 22.5 Å².